The van der Waals surface area contributed by atoms with E-state index in [2.05, 4.69) is 37.1 Å². The maximum absolute atomic E-state index is 5.86. The molecule has 2 atom stereocenters. The van der Waals surface area contributed by atoms with Crippen LogP contribution in [-0.2, 0) is 4.74 Å². The van der Waals surface area contributed by atoms with Gasteiger partial charge in [-0.05, 0) is 19.4 Å². The molecule has 0 aliphatic carbocycles. The molecule has 2 unspecified atom stereocenters. The van der Waals surface area contributed by atoms with Crippen molar-refractivity contribution in [3.8, 4) is 0 Å². The van der Waals surface area contributed by atoms with Gasteiger partial charge in [-0.2, -0.15) is 0 Å². The van der Waals surface area contributed by atoms with Crippen LogP contribution in [0.5, 0.6) is 0 Å². The lowest BCUT2D eigenvalue weighted by atomic mass is 9.89. The van der Waals surface area contributed by atoms with Gasteiger partial charge in [0.05, 0.1) is 6.10 Å². The minimum atomic E-state index is 0.357. The third-order valence-electron chi connectivity index (χ3n) is 3.62. The topological polar surface area (TPSA) is 12.5 Å². The summed E-state index contributed by atoms with van der Waals surface area (Å²) in [7, 11) is 2.18. The summed E-state index contributed by atoms with van der Waals surface area (Å²) in [4.78, 5) is 2.37. The number of anilines is 1. The van der Waals surface area contributed by atoms with Crippen LogP contribution in [0.3, 0.4) is 0 Å². The highest BCUT2D eigenvalue weighted by molar-refractivity contribution is 5.57. The zero-order valence-corrected chi connectivity index (χ0v) is 9.36. The van der Waals surface area contributed by atoms with Gasteiger partial charge in [-0.1, -0.05) is 17.7 Å². The molecule has 2 aliphatic heterocycles. The molecule has 0 spiro atoms. The SMILES string of the molecule is Cc1ccc2c(c1)C1OCCC1CN2C. The Morgan fingerprint density at radius 1 is 1.40 bits per heavy atom. The zero-order valence-electron chi connectivity index (χ0n) is 9.36. The zero-order chi connectivity index (χ0) is 10.4. The highest BCUT2D eigenvalue weighted by Gasteiger charge is 2.36. The molecule has 2 nitrogen and oxygen atoms in total. The van der Waals surface area contributed by atoms with E-state index in [0.717, 1.165) is 13.2 Å². The fourth-order valence-corrected chi connectivity index (χ4v) is 2.86. The van der Waals surface area contributed by atoms with Crippen LogP contribution in [0.15, 0.2) is 18.2 Å². The standard InChI is InChI=1S/C13H17NO/c1-9-3-4-12-11(7-9)13-10(5-6-15-13)8-14(12)2/h3-4,7,10,13H,5-6,8H2,1-2H3. The lowest BCUT2D eigenvalue weighted by molar-refractivity contribution is 0.0890. The van der Waals surface area contributed by atoms with Gasteiger partial charge in [0.1, 0.15) is 0 Å². The van der Waals surface area contributed by atoms with Gasteiger partial charge in [-0.25, -0.2) is 0 Å². The summed E-state index contributed by atoms with van der Waals surface area (Å²) in [6.07, 6.45) is 1.57. The Hall–Kier alpha value is -1.02. The third kappa shape index (κ3) is 1.36. The van der Waals surface area contributed by atoms with Crippen LogP contribution in [0.1, 0.15) is 23.7 Å². The van der Waals surface area contributed by atoms with Crippen molar-refractivity contribution in [2.45, 2.75) is 19.4 Å². The summed E-state index contributed by atoms with van der Waals surface area (Å²) in [6.45, 7) is 4.22. The second-order valence-electron chi connectivity index (χ2n) is 4.78. The number of hydrogen-bond acceptors (Lipinski definition) is 2. The van der Waals surface area contributed by atoms with E-state index in [9.17, 15) is 0 Å². The van der Waals surface area contributed by atoms with Gasteiger partial charge in [-0.3, -0.25) is 0 Å². The predicted octanol–water partition coefficient (Wildman–Crippen LogP) is 2.52. The van der Waals surface area contributed by atoms with Crippen LogP contribution in [0.25, 0.3) is 0 Å². The van der Waals surface area contributed by atoms with Crippen molar-refractivity contribution in [2.75, 3.05) is 25.1 Å². The molecule has 2 heterocycles. The van der Waals surface area contributed by atoms with Crippen LogP contribution >= 0.6 is 0 Å². The van der Waals surface area contributed by atoms with Crippen LogP contribution in [0, 0.1) is 12.8 Å². The normalized spacial score (nSPS) is 28.8. The Balaban J connectivity index is 2.11. The van der Waals surface area contributed by atoms with E-state index < -0.39 is 0 Å². The van der Waals surface area contributed by atoms with Crippen molar-refractivity contribution in [2.24, 2.45) is 5.92 Å². The molecule has 1 fully saturated rings. The summed E-state index contributed by atoms with van der Waals surface area (Å²) in [5, 5.41) is 0. The monoisotopic (exact) mass is 203 g/mol. The highest BCUT2D eigenvalue weighted by atomic mass is 16.5. The lowest BCUT2D eigenvalue weighted by Gasteiger charge is -2.35. The molecule has 1 aromatic rings. The number of benzene rings is 1. The molecule has 1 saturated heterocycles. The van der Waals surface area contributed by atoms with Crippen molar-refractivity contribution < 1.29 is 4.74 Å². The van der Waals surface area contributed by atoms with E-state index >= 15 is 0 Å². The van der Waals surface area contributed by atoms with Gasteiger partial charge in [0.25, 0.3) is 0 Å². The second-order valence-corrected chi connectivity index (χ2v) is 4.78. The van der Waals surface area contributed by atoms with Gasteiger partial charge in [0.2, 0.25) is 0 Å². The van der Waals surface area contributed by atoms with Crippen molar-refractivity contribution >= 4 is 5.69 Å². The van der Waals surface area contributed by atoms with E-state index in [1.807, 2.05) is 0 Å². The van der Waals surface area contributed by atoms with Crippen molar-refractivity contribution in [3.05, 3.63) is 29.3 Å². The molecular formula is C13H17NO. The molecule has 3 rings (SSSR count). The van der Waals surface area contributed by atoms with E-state index in [1.54, 1.807) is 0 Å². The summed E-state index contributed by atoms with van der Waals surface area (Å²) >= 11 is 0. The van der Waals surface area contributed by atoms with Crippen molar-refractivity contribution in [1.82, 2.24) is 0 Å². The van der Waals surface area contributed by atoms with Crippen LogP contribution < -0.4 is 4.90 Å². The molecule has 0 saturated carbocycles. The average molecular weight is 203 g/mol. The Labute approximate surface area is 90.8 Å². The fraction of sp³-hybridized carbons (Fsp3) is 0.538. The van der Waals surface area contributed by atoms with Crippen LogP contribution in [0.4, 0.5) is 5.69 Å². The maximum atomic E-state index is 5.86. The molecule has 0 amide bonds. The van der Waals surface area contributed by atoms with Crippen molar-refractivity contribution in [3.63, 3.8) is 0 Å². The first kappa shape index (κ1) is 9.22. The van der Waals surface area contributed by atoms with E-state index in [-0.39, 0.29) is 0 Å². The summed E-state index contributed by atoms with van der Waals surface area (Å²) in [5.74, 6) is 0.698. The van der Waals surface area contributed by atoms with Gasteiger partial charge in [-0.15, -0.1) is 0 Å². The van der Waals surface area contributed by atoms with Gasteiger partial charge in [0.15, 0.2) is 0 Å². The van der Waals surface area contributed by atoms with Crippen LogP contribution in [0.2, 0.25) is 0 Å². The summed E-state index contributed by atoms with van der Waals surface area (Å²) in [5.41, 5.74) is 4.08. The first-order valence-electron chi connectivity index (χ1n) is 5.69. The first-order chi connectivity index (χ1) is 7.25. The maximum Gasteiger partial charge on any atom is 0.0890 e. The highest BCUT2D eigenvalue weighted by Crippen LogP contribution is 2.43. The molecule has 80 valence electrons. The molecule has 2 aliphatic rings. The van der Waals surface area contributed by atoms with Crippen LogP contribution in [-0.4, -0.2) is 20.2 Å². The smallest absolute Gasteiger partial charge is 0.0890 e. The molecule has 1 aromatic carbocycles. The van der Waals surface area contributed by atoms with Gasteiger partial charge >= 0.3 is 0 Å². The largest absolute Gasteiger partial charge is 0.374 e. The molecule has 15 heavy (non-hydrogen) atoms. The summed E-state index contributed by atoms with van der Waals surface area (Å²) in [6, 6.07) is 6.70. The number of hydrogen-bond donors (Lipinski definition) is 0. The average Bonchev–Trinajstić information content (AvgIpc) is 2.65. The molecule has 2 heteroatoms. The first-order valence-corrected chi connectivity index (χ1v) is 5.69. The molecular weight excluding hydrogens is 186 g/mol. The Morgan fingerprint density at radius 2 is 2.27 bits per heavy atom. The van der Waals surface area contributed by atoms with E-state index in [0.29, 0.717) is 12.0 Å². The summed E-state index contributed by atoms with van der Waals surface area (Å²) < 4.78 is 5.86. The third-order valence-corrected chi connectivity index (χ3v) is 3.62. The van der Waals surface area contributed by atoms with E-state index in [1.165, 1.54) is 23.2 Å². The molecule has 0 aromatic heterocycles. The minimum Gasteiger partial charge on any atom is -0.374 e. The number of ether oxygens (including phenoxy) is 1. The Kier molecular flexibility index (Phi) is 1.99. The fourth-order valence-electron chi connectivity index (χ4n) is 2.86. The Bertz CT molecular complexity index is 388. The Morgan fingerprint density at radius 3 is 3.13 bits per heavy atom. The lowest BCUT2D eigenvalue weighted by Crippen LogP contribution is -2.33. The number of aryl methyl sites for hydroxylation is 1. The number of fused-ring (bicyclic) bond motifs is 3. The number of nitrogens with zero attached hydrogens (tertiary/aromatic N) is 1. The van der Waals surface area contributed by atoms with Gasteiger partial charge in [0, 0.05) is 37.4 Å². The second kappa shape index (κ2) is 3.24. The molecule has 0 N–H and O–H groups in total. The minimum absolute atomic E-state index is 0.357. The predicted molar refractivity (Wildman–Crippen MR) is 61.2 cm³/mol. The molecule has 0 bridgehead atoms. The molecule has 0 radical (unpaired) electrons. The van der Waals surface area contributed by atoms with Crippen molar-refractivity contribution in [1.29, 1.82) is 0 Å². The number of rotatable bonds is 0. The van der Waals surface area contributed by atoms with Gasteiger partial charge < -0.3 is 9.64 Å². The quantitative estimate of drug-likeness (QED) is 0.642. The van der Waals surface area contributed by atoms with E-state index in [4.69, 9.17) is 4.74 Å².